The molecule has 172 valence electrons. The monoisotopic (exact) mass is 472 g/mol. The van der Waals surface area contributed by atoms with E-state index in [0.717, 1.165) is 41.3 Å². The molecule has 4 aromatic rings. The van der Waals surface area contributed by atoms with Crippen LogP contribution in [0.25, 0.3) is 21.8 Å². The highest BCUT2D eigenvalue weighted by Crippen LogP contribution is 2.29. The van der Waals surface area contributed by atoms with E-state index >= 15 is 0 Å². The van der Waals surface area contributed by atoms with Crippen LogP contribution in [-0.2, 0) is 11.8 Å². The Balaban J connectivity index is 1.30. The molecular weight excluding hydrogens is 448 g/mol. The molecule has 0 bridgehead atoms. The summed E-state index contributed by atoms with van der Waals surface area (Å²) in [4.78, 5) is 28.1. The number of thiophene rings is 1. The Bertz CT molecular complexity index is 1350. The number of carbonyl (C=O) groups excluding carboxylic acids is 1. The van der Waals surface area contributed by atoms with Gasteiger partial charge in [-0.3, -0.25) is 9.59 Å². The fourth-order valence-electron chi connectivity index (χ4n) is 4.15. The molecule has 34 heavy (non-hydrogen) atoms. The Hall–Kier alpha value is -3.85. The fraction of sp³-hybridized carbons (Fsp3) is 0.240. The summed E-state index contributed by atoms with van der Waals surface area (Å²) >= 11 is 1.63. The number of carbonyl (C=O) groups is 1. The second-order valence-corrected chi connectivity index (χ2v) is 9.20. The van der Waals surface area contributed by atoms with Crippen LogP contribution in [0.1, 0.15) is 12.8 Å². The molecule has 1 saturated heterocycles. The molecule has 3 aromatic heterocycles. The molecule has 0 saturated carbocycles. The first kappa shape index (κ1) is 22.0. The molecule has 1 unspecified atom stereocenters. The number of benzene rings is 1. The van der Waals surface area contributed by atoms with Gasteiger partial charge in [0.2, 0.25) is 5.91 Å². The summed E-state index contributed by atoms with van der Waals surface area (Å²) in [7, 11) is 1.61. The maximum atomic E-state index is 13.2. The molecule has 1 aliphatic heterocycles. The zero-order valence-electron chi connectivity index (χ0n) is 18.7. The molecule has 4 heterocycles. The van der Waals surface area contributed by atoms with Crippen molar-refractivity contribution < 1.29 is 4.79 Å². The van der Waals surface area contributed by atoms with Gasteiger partial charge >= 0.3 is 0 Å². The third kappa shape index (κ3) is 4.60. The third-order valence-electron chi connectivity index (χ3n) is 5.96. The van der Waals surface area contributed by atoms with E-state index in [1.165, 1.54) is 10.7 Å². The van der Waals surface area contributed by atoms with Gasteiger partial charge in [0, 0.05) is 31.8 Å². The molecule has 1 N–H and O–H groups in total. The molecular formula is C25H24N6O2S. The molecule has 0 spiro atoms. The van der Waals surface area contributed by atoms with Crippen molar-refractivity contribution in [3.8, 4) is 21.8 Å². The number of aryl methyl sites for hydroxylation is 1. The Morgan fingerprint density at radius 1 is 1.03 bits per heavy atom. The van der Waals surface area contributed by atoms with Crippen LogP contribution in [0.4, 0.5) is 11.5 Å². The summed E-state index contributed by atoms with van der Waals surface area (Å²) in [6.07, 6.45) is 1.71. The highest BCUT2D eigenvalue weighted by molar-refractivity contribution is 7.13. The number of amides is 1. The van der Waals surface area contributed by atoms with Gasteiger partial charge in [-0.1, -0.05) is 24.3 Å². The van der Waals surface area contributed by atoms with Gasteiger partial charge < -0.3 is 10.2 Å². The SMILES string of the molecule is Cn1nc(-c2ccccc2NC(=O)C2CCCN(c3ccc(-c4cccs4)nn3)C2)ccc1=O. The van der Waals surface area contributed by atoms with Gasteiger partial charge in [-0.25, -0.2) is 4.68 Å². The first-order chi connectivity index (χ1) is 16.6. The topological polar surface area (TPSA) is 93.0 Å². The zero-order chi connectivity index (χ0) is 23.5. The van der Waals surface area contributed by atoms with Crippen molar-refractivity contribution in [2.24, 2.45) is 13.0 Å². The second-order valence-electron chi connectivity index (χ2n) is 8.25. The lowest BCUT2D eigenvalue weighted by Crippen LogP contribution is -2.41. The van der Waals surface area contributed by atoms with E-state index in [-0.39, 0.29) is 17.4 Å². The molecule has 8 nitrogen and oxygen atoms in total. The maximum absolute atomic E-state index is 13.2. The average Bonchev–Trinajstić information content (AvgIpc) is 3.41. The number of para-hydroxylation sites is 1. The fourth-order valence-corrected chi connectivity index (χ4v) is 4.84. The van der Waals surface area contributed by atoms with Crippen LogP contribution in [0.3, 0.4) is 0 Å². The largest absolute Gasteiger partial charge is 0.354 e. The van der Waals surface area contributed by atoms with Crippen molar-refractivity contribution in [1.29, 1.82) is 0 Å². The van der Waals surface area contributed by atoms with Crippen LogP contribution >= 0.6 is 11.3 Å². The summed E-state index contributed by atoms with van der Waals surface area (Å²) in [6.45, 7) is 1.43. The third-order valence-corrected chi connectivity index (χ3v) is 6.85. The highest BCUT2D eigenvalue weighted by Gasteiger charge is 2.27. The van der Waals surface area contributed by atoms with Crippen molar-refractivity contribution in [3.05, 3.63) is 76.4 Å². The van der Waals surface area contributed by atoms with Crippen LogP contribution in [0.15, 0.2) is 70.8 Å². The van der Waals surface area contributed by atoms with Crippen LogP contribution in [0.2, 0.25) is 0 Å². The van der Waals surface area contributed by atoms with E-state index in [9.17, 15) is 9.59 Å². The Kier molecular flexibility index (Phi) is 6.18. The Labute approximate surface area is 200 Å². The molecule has 9 heteroatoms. The van der Waals surface area contributed by atoms with Crippen LogP contribution in [-0.4, -0.2) is 39.0 Å². The van der Waals surface area contributed by atoms with Crippen LogP contribution < -0.4 is 15.8 Å². The van der Waals surface area contributed by atoms with Crippen molar-refractivity contribution in [1.82, 2.24) is 20.0 Å². The maximum Gasteiger partial charge on any atom is 0.266 e. The number of rotatable bonds is 5. The molecule has 0 radical (unpaired) electrons. The lowest BCUT2D eigenvalue weighted by atomic mass is 9.96. The summed E-state index contributed by atoms with van der Waals surface area (Å²) in [5, 5.41) is 18.2. The van der Waals surface area contributed by atoms with Crippen molar-refractivity contribution in [2.75, 3.05) is 23.3 Å². The number of nitrogens with one attached hydrogen (secondary N) is 1. The van der Waals surface area contributed by atoms with Gasteiger partial charge in [0.15, 0.2) is 5.82 Å². The number of nitrogens with zero attached hydrogens (tertiary/aromatic N) is 5. The average molecular weight is 473 g/mol. The van der Waals surface area contributed by atoms with Gasteiger partial charge in [-0.05, 0) is 48.6 Å². The minimum absolute atomic E-state index is 0.0369. The predicted molar refractivity (Wildman–Crippen MR) is 134 cm³/mol. The van der Waals surface area contributed by atoms with Gasteiger partial charge in [-0.2, -0.15) is 5.10 Å². The minimum Gasteiger partial charge on any atom is -0.354 e. The molecule has 5 rings (SSSR count). The smallest absolute Gasteiger partial charge is 0.266 e. The van der Waals surface area contributed by atoms with Crippen molar-refractivity contribution >= 4 is 28.7 Å². The number of anilines is 2. The molecule has 1 amide bonds. The van der Waals surface area contributed by atoms with E-state index < -0.39 is 0 Å². The molecule has 1 fully saturated rings. The van der Waals surface area contributed by atoms with Crippen LogP contribution in [0, 0.1) is 5.92 Å². The Morgan fingerprint density at radius 3 is 2.65 bits per heavy atom. The lowest BCUT2D eigenvalue weighted by Gasteiger charge is -2.32. The standard InChI is InChI=1S/C25H24N6O2S/c1-30-24(32)13-11-20(29-30)18-7-2-3-8-19(18)26-25(33)17-6-4-14-31(16-17)23-12-10-21(27-28-23)22-9-5-15-34-22/h2-3,5,7-13,15,17H,4,6,14,16H2,1H3,(H,26,33). The quantitative estimate of drug-likeness (QED) is 0.475. The Morgan fingerprint density at radius 2 is 1.88 bits per heavy atom. The van der Waals surface area contributed by atoms with E-state index in [1.54, 1.807) is 24.5 Å². The van der Waals surface area contributed by atoms with Crippen molar-refractivity contribution in [3.63, 3.8) is 0 Å². The highest BCUT2D eigenvalue weighted by atomic mass is 32.1. The van der Waals surface area contributed by atoms with E-state index in [0.29, 0.717) is 17.9 Å². The summed E-state index contributed by atoms with van der Waals surface area (Å²) in [6, 6.07) is 18.6. The summed E-state index contributed by atoms with van der Waals surface area (Å²) in [5.74, 6) is 0.575. The van der Waals surface area contributed by atoms with Gasteiger partial charge in [0.05, 0.1) is 22.2 Å². The van der Waals surface area contributed by atoms with E-state index in [2.05, 4.69) is 25.5 Å². The molecule has 1 aliphatic rings. The number of hydrogen-bond acceptors (Lipinski definition) is 7. The molecule has 0 aliphatic carbocycles. The van der Waals surface area contributed by atoms with Gasteiger partial charge in [0.25, 0.3) is 5.56 Å². The number of aromatic nitrogens is 4. The normalized spacial score (nSPS) is 15.8. The van der Waals surface area contributed by atoms with E-state index in [1.807, 2.05) is 53.9 Å². The molecule has 1 aromatic carbocycles. The molecule has 1 atom stereocenters. The van der Waals surface area contributed by atoms with Gasteiger partial charge in [0.1, 0.15) is 5.69 Å². The summed E-state index contributed by atoms with van der Waals surface area (Å²) in [5.41, 5.74) is 2.75. The number of piperidine rings is 1. The predicted octanol–water partition coefficient (Wildman–Crippen LogP) is 3.82. The first-order valence-electron chi connectivity index (χ1n) is 11.2. The van der Waals surface area contributed by atoms with Crippen LogP contribution in [0.5, 0.6) is 0 Å². The van der Waals surface area contributed by atoms with E-state index in [4.69, 9.17) is 0 Å². The second kappa shape index (κ2) is 9.56. The minimum atomic E-state index is -0.181. The number of hydrogen-bond donors (Lipinski definition) is 1. The zero-order valence-corrected chi connectivity index (χ0v) is 19.5. The van der Waals surface area contributed by atoms with Gasteiger partial charge in [-0.15, -0.1) is 21.5 Å². The first-order valence-corrected chi connectivity index (χ1v) is 12.0. The van der Waals surface area contributed by atoms with Crippen molar-refractivity contribution in [2.45, 2.75) is 12.8 Å². The lowest BCUT2D eigenvalue weighted by molar-refractivity contribution is -0.120. The summed E-state index contributed by atoms with van der Waals surface area (Å²) < 4.78 is 1.29.